The molecule has 92 valence electrons. The Morgan fingerprint density at radius 1 is 1.29 bits per heavy atom. The predicted molar refractivity (Wildman–Crippen MR) is 66.9 cm³/mol. The minimum absolute atomic E-state index is 0.173. The summed E-state index contributed by atoms with van der Waals surface area (Å²) in [4.78, 5) is 23.2. The fourth-order valence-electron chi connectivity index (χ4n) is 1.30. The van der Waals surface area contributed by atoms with Crippen LogP contribution >= 0.6 is 23.2 Å². The number of ketones is 2. The molecule has 0 saturated carbocycles. The van der Waals surface area contributed by atoms with E-state index in [-0.39, 0.29) is 35.0 Å². The van der Waals surface area contributed by atoms with Crippen molar-refractivity contribution in [2.75, 3.05) is 13.7 Å². The summed E-state index contributed by atoms with van der Waals surface area (Å²) in [6.07, 6.45) is 0.0455. The Morgan fingerprint density at radius 3 is 2.65 bits per heavy atom. The first-order chi connectivity index (χ1) is 8.06. The van der Waals surface area contributed by atoms with Crippen LogP contribution in [0, 0.1) is 0 Å². The second kappa shape index (κ2) is 6.74. The van der Waals surface area contributed by atoms with Gasteiger partial charge in [-0.3, -0.25) is 9.59 Å². The van der Waals surface area contributed by atoms with Crippen molar-refractivity contribution in [1.82, 2.24) is 0 Å². The average molecular weight is 275 g/mol. The summed E-state index contributed by atoms with van der Waals surface area (Å²) < 4.78 is 4.76. The number of methoxy groups -OCH3 is 1. The lowest BCUT2D eigenvalue weighted by molar-refractivity contribution is -0.119. The predicted octanol–water partition coefficient (Wildman–Crippen LogP) is 3.17. The number of hydrogen-bond acceptors (Lipinski definition) is 3. The molecule has 0 radical (unpaired) electrons. The van der Waals surface area contributed by atoms with Crippen molar-refractivity contribution in [1.29, 1.82) is 0 Å². The molecule has 0 amide bonds. The Morgan fingerprint density at radius 2 is 2.00 bits per heavy atom. The first-order valence-electron chi connectivity index (χ1n) is 5.04. The summed E-state index contributed by atoms with van der Waals surface area (Å²) in [5, 5.41) is 0.501. The Labute approximate surface area is 110 Å². The van der Waals surface area contributed by atoms with Gasteiger partial charge in [0, 0.05) is 19.1 Å². The Kier molecular flexibility index (Phi) is 5.62. The van der Waals surface area contributed by atoms with Crippen LogP contribution in [-0.4, -0.2) is 25.3 Å². The van der Waals surface area contributed by atoms with Gasteiger partial charge in [0.05, 0.1) is 23.1 Å². The molecule has 5 heteroatoms. The molecule has 1 aromatic rings. The van der Waals surface area contributed by atoms with Crippen LogP contribution in [0.3, 0.4) is 0 Å². The summed E-state index contributed by atoms with van der Waals surface area (Å²) >= 11 is 11.7. The highest BCUT2D eigenvalue weighted by atomic mass is 35.5. The first kappa shape index (κ1) is 14.2. The lowest BCUT2D eigenvalue weighted by Crippen LogP contribution is -2.10. The number of carbonyl (C=O) groups excluding carboxylic acids is 2. The van der Waals surface area contributed by atoms with Crippen LogP contribution in [0.15, 0.2) is 18.2 Å². The summed E-state index contributed by atoms with van der Waals surface area (Å²) in [5.74, 6) is -0.494. The molecule has 1 rings (SSSR count). The quantitative estimate of drug-likeness (QED) is 0.591. The van der Waals surface area contributed by atoms with Gasteiger partial charge in [-0.1, -0.05) is 29.3 Å². The highest BCUT2D eigenvalue weighted by Crippen LogP contribution is 2.26. The topological polar surface area (TPSA) is 43.4 Å². The van der Waals surface area contributed by atoms with Crippen molar-refractivity contribution in [3.8, 4) is 0 Å². The third-order valence-corrected chi connectivity index (χ3v) is 3.01. The fraction of sp³-hybridized carbons (Fsp3) is 0.333. The highest BCUT2D eigenvalue weighted by Gasteiger charge is 2.15. The van der Waals surface area contributed by atoms with E-state index in [2.05, 4.69) is 0 Å². The normalized spacial score (nSPS) is 10.3. The minimum atomic E-state index is -0.321. The van der Waals surface area contributed by atoms with Gasteiger partial charge in [0.2, 0.25) is 0 Å². The molecule has 1 aromatic carbocycles. The number of carbonyl (C=O) groups is 2. The molecule has 0 atom stereocenters. The molecule has 0 unspecified atom stereocenters. The van der Waals surface area contributed by atoms with Crippen molar-refractivity contribution >= 4 is 34.8 Å². The van der Waals surface area contributed by atoms with Crippen LogP contribution in [0.5, 0.6) is 0 Å². The van der Waals surface area contributed by atoms with E-state index in [1.807, 2.05) is 0 Å². The number of hydrogen-bond donors (Lipinski definition) is 0. The average Bonchev–Trinajstić information content (AvgIpc) is 2.29. The number of ether oxygens (including phenoxy) is 1. The van der Waals surface area contributed by atoms with E-state index in [4.69, 9.17) is 27.9 Å². The Balaban J connectivity index is 2.70. The second-order valence-corrected chi connectivity index (χ2v) is 4.27. The summed E-state index contributed by atoms with van der Waals surface area (Å²) in [6.45, 7) is 0.315. The van der Waals surface area contributed by atoms with Crippen molar-refractivity contribution < 1.29 is 14.3 Å². The third kappa shape index (κ3) is 4.11. The van der Waals surface area contributed by atoms with E-state index in [1.165, 1.54) is 7.11 Å². The maximum absolute atomic E-state index is 11.8. The highest BCUT2D eigenvalue weighted by molar-refractivity contribution is 6.44. The van der Waals surface area contributed by atoms with Gasteiger partial charge in [0.15, 0.2) is 5.78 Å². The number of halogens is 2. The van der Waals surface area contributed by atoms with E-state index >= 15 is 0 Å². The lowest BCUT2D eigenvalue weighted by Gasteiger charge is -2.04. The lowest BCUT2D eigenvalue weighted by atomic mass is 10.0. The maximum atomic E-state index is 11.8. The van der Waals surface area contributed by atoms with Gasteiger partial charge >= 0.3 is 0 Å². The molecule has 0 aliphatic heterocycles. The van der Waals surface area contributed by atoms with E-state index < -0.39 is 0 Å². The molecule has 3 nitrogen and oxygen atoms in total. The molecule has 17 heavy (non-hydrogen) atoms. The van der Waals surface area contributed by atoms with Gasteiger partial charge in [0.1, 0.15) is 5.78 Å². The minimum Gasteiger partial charge on any atom is -0.384 e. The number of Topliss-reactive ketones (excluding diaryl/α,β-unsaturated/α-hetero) is 2. The van der Waals surface area contributed by atoms with Crippen LogP contribution in [0.1, 0.15) is 23.2 Å². The monoisotopic (exact) mass is 274 g/mol. The molecule has 0 heterocycles. The standard InChI is InChI=1S/C12H12Cl2O3/c1-17-6-5-8(15)7-11(16)9-3-2-4-10(13)12(9)14/h2-4H,5-7H2,1H3. The molecule has 0 aromatic heterocycles. The summed E-state index contributed by atoms with van der Waals surface area (Å²) in [6, 6.07) is 4.77. The number of rotatable bonds is 6. The zero-order valence-corrected chi connectivity index (χ0v) is 10.8. The van der Waals surface area contributed by atoms with E-state index in [9.17, 15) is 9.59 Å². The molecule has 0 N–H and O–H groups in total. The van der Waals surface area contributed by atoms with Crippen LogP contribution in [0.2, 0.25) is 10.0 Å². The smallest absolute Gasteiger partial charge is 0.171 e. The molecule has 0 saturated heterocycles. The molecule has 0 fully saturated rings. The molecule has 0 spiro atoms. The molecular weight excluding hydrogens is 263 g/mol. The van der Waals surface area contributed by atoms with Gasteiger partial charge in [0.25, 0.3) is 0 Å². The Hall–Kier alpha value is -0.900. The summed E-state index contributed by atoms with van der Waals surface area (Å²) in [7, 11) is 1.50. The molecule has 0 aliphatic rings. The zero-order chi connectivity index (χ0) is 12.8. The maximum Gasteiger partial charge on any atom is 0.171 e. The Bertz CT molecular complexity index is 430. The van der Waals surface area contributed by atoms with Gasteiger partial charge in [-0.2, -0.15) is 0 Å². The first-order valence-corrected chi connectivity index (χ1v) is 5.79. The largest absolute Gasteiger partial charge is 0.384 e. The van der Waals surface area contributed by atoms with E-state index in [0.717, 1.165) is 0 Å². The van der Waals surface area contributed by atoms with Crippen molar-refractivity contribution in [3.63, 3.8) is 0 Å². The molecule has 0 aliphatic carbocycles. The molecular formula is C12H12Cl2O3. The SMILES string of the molecule is COCCC(=O)CC(=O)c1cccc(Cl)c1Cl. The van der Waals surface area contributed by atoms with Crippen molar-refractivity contribution in [2.45, 2.75) is 12.8 Å². The van der Waals surface area contributed by atoms with Crippen LogP contribution in [0.4, 0.5) is 0 Å². The summed E-state index contributed by atoms with van der Waals surface area (Å²) in [5.41, 5.74) is 0.282. The molecule has 0 bridgehead atoms. The van der Waals surface area contributed by atoms with Crippen LogP contribution in [-0.2, 0) is 9.53 Å². The van der Waals surface area contributed by atoms with Gasteiger partial charge in [-0.15, -0.1) is 0 Å². The van der Waals surface area contributed by atoms with E-state index in [1.54, 1.807) is 18.2 Å². The van der Waals surface area contributed by atoms with Gasteiger partial charge in [-0.25, -0.2) is 0 Å². The van der Waals surface area contributed by atoms with Gasteiger partial charge < -0.3 is 4.74 Å². The van der Waals surface area contributed by atoms with Crippen LogP contribution < -0.4 is 0 Å². The van der Waals surface area contributed by atoms with Crippen molar-refractivity contribution in [3.05, 3.63) is 33.8 Å². The van der Waals surface area contributed by atoms with E-state index in [0.29, 0.717) is 11.6 Å². The second-order valence-electron chi connectivity index (χ2n) is 3.48. The fourth-order valence-corrected chi connectivity index (χ4v) is 1.70. The zero-order valence-electron chi connectivity index (χ0n) is 9.33. The van der Waals surface area contributed by atoms with Crippen LogP contribution in [0.25, 0.3) is 0 Å². The third-order valence-electron chi connectivity index (χ3n) is 2.19. The van der Waals surface area contributed by atoms with Crippen molar-refractivity contribution in [2.24, 2.45) is 0 Å². The van der Waals surface area contributed by atoms with Gasteiger partial charge in [-0.05, 0) is 12.1 Å². The number of benzene rings is 1.